The number of nitrogens with zero attached hydrogens (tertiary/aromatic N) is 1. The molecule has 0 aliphatic heterocycles. The Balaban J connectivity index is 3.05. The molecule has 1 rings (SSSR count). The minimum atomic E-state index is -1.76. The van der Waals surface area contributed by atoms with E-state index in [2.05, 4.69) is 4.74 Å². The minimum absolute atomic E-state index is 0.135. The summed E-state index contributed by atoms with van der Waals surface area (Å²) in [6.45, 7) is -1.56. The van der Waals surface area contributed by atoms with E-state index in [1.54, 1.807) is 0 Å². The summed E-state index contributed by atoms with van der Waals surface area (Å²) in [4.78, 5) is 22.1. The fourth-order valence-electron chi connectivity index (χ4n) is 1.46. The number of aromatic nitrogens is 1. The molecule has 0 radical (unpaired) electrons. The van der Waals surface area contributed by atoms with Gasteiger partial charge in [0.05, 0.1) is 38.1 Å². The van der Waals surface area contributed by atoms with Gasteiger partial charge in [0.25, 0.3) is 0 Å². The topological polar surface area (TPSA) is 109 Å². The molecule has 7 heteroatoms. The number of hydrogen-bond acceptors (Lipinski definition) is 6. The van der Waals surface area contributed by atoms with Gasteiger partial charge >= 0.3 is 5.97 Å². The Bertz CT molecular complexity index is 435. The second kappa shape index (κ2) is 5.76. The molecule has 100 valence electrons. The standard InChI is InChI=1S/C11H15NO6/c1-18-10(16)8-2-9(4-13)12(3-8)5-11(17,6-14)7-15/h2-4,14-15,17H,5-7H2,1H3. The zero-order valence-corrected chi connectivity index (χ0v) is 9.87. The Hall–Kier alpha value is -1.70. The highest BCUT2D eigenvalue weighted by molar-refractivity contribution is 5.91. The van der Waals surface area contributed by atoms with Crippen LogP contribution in [0, 0.1) is 0 Å². The second-order valence-electron chi connectivity index (χ2n) is 3.93. The van der Waals surface area contributed by atoms with Crippen LogP contribution in [0.1, 0.15) is 20.8 Å². The molecule has 1 heterocycles. The quantitative estimate of drug-likeness (QED) is 0.436. The molecular formula is C11H15NO6. The van der Waals surface area contributed by atoms with E-state index in [0.29, 0.717) is 6.29 Å². The van der Waals surface area contributed by atoms with E-state index in [4.69, 9.17) is 10.2 Å². The maximum absolute atomic E-state index is 11.3. The third kappa shape index (κ3) is 2.95. The van der Waals surface area contributed by atoms with Gasteiger partial charge in [-0.15, -0.1) is 0 Å². The fourth-order valence-corrected chi connectivity index (χ4v) is 1.46. The number of ether oxygens (including phenoxy) is 1. The molecule has 0 saturated carbocycles. The molecule has 18 heavy (non-hydrogen) atoms. The molecule has 0 fully saturated rings. The molecule has 0 saturated heterocycles. The number of aliphatic hydroxyl groups excluding tert-OH is 2. The van der Waals surface area contributed by atoms with Crippen molar-refractivity contribution in [1.29, 1.82) is 0 Å². The Morgan fingerprint density at radius 1 is 1.50 bits per heavy atom. The van der Waals surface area contributed by atoms with Crippen LogP contribution < -0.4 is 0 Å². The van der Waals surface area contributed by atoms with Crippen LogP contribution in [0.2, 0.25) is 0 Å². The maximum Gasteiger partial charge on any atom is 0.339 e. The van der Waals surface area contributed by atoms with Gasteiger partial charge in [-0.3, -0.25) is 4.79 Å². The van der Waals surface area contributed by atoms with Crippen molar-refractivity contribution in [3.8, 4) is 0 Å². The van der Waals surface area contributed by atoms with Gasteiger partial charge in [0.2, 0.25) is 0 Å². The number of hydrogen-bond donors (Lipinski definition) is 3. The molecule has 3 N–H and O–H groups in total. The van der Waals surface area contributed by atoms with Gasteiger partial charge in [-0.25, -0.2) is 4.79 Å². The van der Waals surface area contributed by atoms with Crippen LogP contribution in [-0.2, 0) is 11.3 Å². The average Bonchev–Trinajstić information content (AvgIpc) is 2.80. The molecule has 1 aromatic heterocycles. The second-order valence-corrected chi connectivity index (χ2v) is 3.93. The molecule has 1 aromatic rings. The highest BCUT2D eigenvalue weighted by Gasteiger charge is 2.27. The third-order valence-corrected chi connectivity index (χ3v) is 2.53. The van der Waals surface area contributed by atoms with Crippen molar-refractivity contribution in [3.05, 3.63) is 23.5 Å². The number of carbonyl (C=O) groups excluding carboxylic acids is 2. The van der Waals surface area contributed by atoms with Gasteiger partial charge in [-0.2, -0.15) is 0 Å². The summed E-state index contributed by atoms with van der Waals surface area (Å²) >= 11 is 0. The highest BCUT2D eigenvalue weighted by atomic mass is 16.5. The van der Waals surface area contributed by atoms with Crippen LogP contribution in [-0.4, -0.2) is 58.1 Å². The summed E-state index contributed by atoms with van der Waals surface area (Å²) in [6, 6.07) is 1.30. The molecular weight excluding hydrogens is 242 g/mol. The lowest BCUT2D eigenvalue weighted by Gasteiger charge is -2.24. The predicted molar refractivity (Wildman–Crippen MR) is 60.3 cm³/mol. The lowest BCUT2D eigenvalue weighted by molar-refractivity contribution is -0.0660. The molecule has 0 atom stereocenters. The Morgan fingerprint density at radius 2 is 2.11 bits per heavy atom. The highest BCUT2D eigenvalue weighted by Crippen LogP contribution is 2.13. The van der Waals surface area contributed by atoms with Crippen LogP contribution in [0.4, 0.5) is 0 Å². The molecule has 0 amide bonds. The van der Waals surface area contributed by atoms with E-state index in [-0.39, 0.29) is 17.8 Å². The number of methoxy groups -OCH3 is 1. The Morgan fingerprint density at radius 3 is 2.56 bits per heavy atom. The van der Waals surface area contributed by atoms with Crippen LogP contribution in [0.25, 0.3) is 0 Å². The van der Waals surface area contributed by atoms with E-state index in [1.165, 1.54) is 23.9 Å². The summed E-state index contributed by atoms with van der Waals surface area (Å²) < 4.78 is 5.77. The van der Waals surface area contributed by atoms with E-state index >= 15 is 0 Å². The number of esters is 1. The first-order valence-electron chi connectivity index (χ1n) is 5.17. The number of aldehydes is 1. The first kappa shape index (κ1) is 14.4. The van der Waals surface area contributed by atoms with Crippen molar-refractivity contribution in [2.75, 3.05) is 20.3 Å². The van der Waals surface area contributed by atoms with Gasteiger partial charge in [-0.05, 0) is 6.07 Å². The summed E-state index contributed by atoms with van der Waals surface area (Å²) in [5.74, 6) is -0.617. The van der Waals surface area contributed by atoms with Gasteiger partial charge in [-0.1, -0.05) is 0 Å². The first-order chi connectivity index (χ1) is 8.49. The smallest absolute Gasteiger partial charge is 0.339 e. The molecule has 0 bridgehead atoms. The zero-order valence-electron chi connectivity index (χ0n) is 9.87. The van der Waals surface area contributed by atoms with Crippen molar-refractivity contribution in [3.63, 3.8) is 0 Å². The van der Waals surface area contributed by atoms with Crippen LogP contribution in [0.15, 0.2) is 12.3 Å². The molecule has 7 nitrogen and oxygen atoms in total. The summed E-state index contributed by atoms with van der Waals surface area (Å²) in [7, 11) is 1.21. The van der Waals surface area contributed by atoms with Gasteiger partial charge in [0.1, 0.15) is 5.60 Å². The summed E-state index contributed by atoms with van der Waals surface area (Å²) in [5, 5.41) is 27.7. The number of aliphatic hydroxyl groups is 3. The zero-order chi connectivity index (χ0) is 13.8. The average molecular weight is 257 g/mol. The SMILES string of the molecule is COC(=O)c1cc(C=O)n(CC(O)(CO)CO)c1. The monoisotopic (exact) mass is 257 g/mol. The number of carbonyl (C=O) groups is 2. The van der Waals surface area contributed by atoms with Crippen molar-refractivity contribution in [1.82, 2.24) is 4.57 Å². The van der Waals surface area contributed by atoms with Gasteiger partial charge < -0.3 is 24.6 Å². The summed E-state index contributed by atoms with van der Waals surface area (Å²) in [6.07, 6.45) is 1.81. The molecule has 0 aromatic carbocycles. The minimum Gasteiger partial charge on any atom is -0.465 e. The molecule has 0 aliphatic carbocycles. The van der Waals surface area contributed by atoms with Crippen LogP contribution in [0.3, 0.4) is 0 Å². The van der Waals surface area contributed by atoms with Crippen molar-refractivity contribution >= 4 is 12.3 Å². The fraction of sp³-hybridized carbons (Fsp3) is 0.455. The largest absolute Gasteiger partial charge is 0.465 e. The first-order valence-corrected chi connectivity index (χ1v) is 5.17. The van der Waals surface area contributed by atoms with Crippen molar-refractivity contribution in [2.45, 2.75) is 12.1 Å². The van der Waals surface area contributed by atoms with Crippen molar-refractivity contribution in [2.24, 2.45) is 0 Å². The van der Waals surface area contributed by atoms with Gasteiger partial charge in [0, 0.05) is 6.20 Å². The van der Waals surface area contributed by atoms with Crippen LogP contribution >= 0.6 is 0 Å². The lowest BCUT2D eigenvalue weighted by Crippen LogP contribution is -2.42. The predicted octanol–water partition coefficient (Wildman–Crippen LogP) is -1.20. The van der Waals surface area contributed by atoms with E-state index in [0.717, 1.165) is 0 Å². The lowest BCUT2D eigenvalue weighted by atomic mass is 10.1. The molecule has 0 unspecified atom stereocenters. The third-order valence-electron chi connectivity index (χ3n) is 2.53. The molecule has 0 spiro atoms. The Kier molecular flexibility index (Phi) is 4.60. The van der Waals surface area contributed by atoms with Crippen molar-refractivity contribution < 1.29 is 29.6 Å². The summed E-state index contributed by atoms with van der Waals surface area (Å²) in [5.41, 5.74) is -1.47. The van der Waals surface area contributed by atoms with E-state index in [1.807, 2.05) is 0 Å². The van der Waals surface area contributed by atoms with Gasteiger partial charge in [0.15, 0.2) is 6.29 Å². The normalized spacial score (nSPS) is 11.3. The van der Waals surface area contributed by atoms with E-state index in [9.17, 15) is 14.7 Å². The Labute approximate surface area is 103 Å². The maximum atomic E-state index is 11.3. The molecule has 0 aliphatic rings. The number of rotatable bonds is 6. The van der Waals surface area contributed by atoms with E-state index < -0.39 is 24.8 Å². The van der Waals surface area contributed by atoms with Crippen LogP contribution in [0.5, 0.6) is 0 Å².